The molecule has 1 aromatic carbocycles. The summed E-state index contributed by atoms with van der Waals surface area (Å²) in [5.74, 6) is 0.230. The van der Waals surface area contributed by atoms with Crippen LogP contribution in [0.25, 0.3) is 0 Å². The lowest BCUT2D eigenvalue weighted by molar-refractivity contribution is -0.117. The van der Waals surface area contributed by atoms with Gasteiger partial charge in [-0.2, -0.15) is 0 Å². The molecular weight excluding hydrogens is 396 g/mol. The number of hydrogen-bond donors (Lipinski definition) is 1. The van der Waals surface area contributed by atoms with Gasteiger partial charge in [0.25, 0.3) is 0 Å². The van der Waals surface area contributed by atoms with Crippen LogP contribution >= 0.6 is 0 Å². The van der Waals surface area contributed by atoms with Gasteiger partial charge in [-0.25, -0.2) is 0 Å². The predicted octanol–water partition coefficient (Wildman–Crippen LogP) is 5.21. The minimum absolute atomic E-state index is 0.156. The Morgan fingerprint density at radius 2 is 1.73 bits per heavy atom. The molecule has 0 saturated carbocycles. The van der Waals surface area contributed by atoms with Gasteiger partial charge in [0, 0.05) is 18.4 Å². The van der Waals surface area contributed by atoms with Crippen molar-refractivity contribution in [3.8, 4) is 5.75 Å². The van der Waals surface area contributed by atoms with Crippen LogP contribution in [0.15, 0.2) is 24.3 Å². The molecule has 0 fully saturated rings. The topological polar surface area (TPSA) is 65.0 Å². The Labute approximate surface area is 184 Å². The van der Waals surface area contributed by atoms with Gasteiger partial charge in [0.2, 0.25) is 0 Å². The smallest absolute Gasteiger partial charge is 0.191 e. The Bertz CT molecular complexity index is 623. The molecule has 4 atom stereocenters. The van der Waals surface area contributed by atoms with Crippen molar-refractivity contribution in [2.45, 2.75) is 84.4 Å². The summed E-state index contributed by atoms with van der Waals surface area (Å²) in [4.78, 5) is 11.1. The third-order valence-corrected chi connectivity index (χ3v) is 10.9. The van der Waals surface area contributed by atoms with E-state index in [0.717, 1.165) is 30.4 Å². The molecule has 1 N–H and O–H groups in total. The fraction of sp³-hybridized carbons (Fsp3) is 0.708. The van der Waals surface area contributed by atoms with Crippen molar-refractivity contribution in [1.82, 2.24) is 0 Å². The second-order valence-electron chi connectivity index (χ2n) is 9.79. The quantitative estimate of drug-likeness (QED) is 0.260. The van der Waals surface area contributed by atoms with E-state index in [1.807, 2.05) is 31.2 Å². The molecule has 1 rings (SSSR count). The molecule has 5 nitrogen and oxygen atoms in total. The highest BCUT2D eigenvalue weighted by atomic mass is 28.4. The van der Waals surface area contributed by atoms with Crippen molar-refractivity contribution in [3.63, 3.8) is 0 Å². The number of aliphatic hydroxyl groups is 1. The first kappa shape index (κ1) is 26.8. The first-order chi connectivity index (χ1) is 13.9. The largest absolute Gasteiger partial charge is 0.497 e. The number of carbonyl (C=O) groups is 1. The van der Waals surface area contributed by atoms with E-state index < -0.39 is 20.3 Å². The molecule has 0 amide bonds. The van der Waals surface area contributed by atoms with Crippen LogP contribution in [0.2, 0.25) is 18.1 Å². The maximum absolute atomic E-state index is 11.1. The highest BCUT2D eigenvalue weighted by molar-refractivity contribution is 6.74. The summed E-state index contributed by atoms with van der Waals surface area (Å²) >= 11 is 0. The van der Waals surface area contributed by atoms with Crippen LogP contribution in [0.1, 0.15) is 53.0 Å². The van der Waals surface area contributed by atoms with Gasteiger partial charge in [-0.1, -0.05) is 46.8 Å². The van der Waals surface area contributed by atoms with Gasteiger partial charge in [-0.3, -0.25) is 0 Å². The Morgan fingerprint density at radius 3 is 2.23 bits per heavy atom. The molecule has 0 bridgehead atoms. The summed E-state index contributed by atoms with van der Waals surface area (Å²) in [6, 6.07) is 7.78. The van der Waals surface area contributed by atoms with Gasteiger partial charge < -0.3 is 23.8 Å². The maximum atomic E-state index is 11.1. The van der Waals surface area contributed by atoms with E-state index in [2.05, 4.69) is 33.9 Å². The Kier molecular flexibility index (Phi) is 10.7. The Hall–Kier alpha value is -1.21. The van der Waals surface area contributed by atoms with E-state index in [0.29, 0.717) is 13.2 Å². The maximum Gasteiger partial charge on any atom is 0.191 e. The standard InChI is InChI=1S/C24H42O5Si/c1-18(16-25)23(26)19(2)22(10-9-15-29-30(7,8)24(3,4)5)28-17-20-11-13-21(27-6)14-12-20/h11-14,16,18-19,22-23,26H,9-10,15,17H2,1-8H3/t18-,19-,22+,23-/m0/s1. The van der Waals surface area contributed by atoms with Crippen LogP contribution in [0.4, 0.5) is 0 Å². The first-order valence-corrected chi connectivity index (χ1v) is 13.9. The van der Waals surface area contributed by atoms with E-state index in [-0.39, 0.29) is 17.1 Å². The molecule has 0 radical (unpaired) electrons. The molecule has 30 heavy (non-hydrogen) atoms. The molecule has 0 heterocycles. The Balaban J connectivity index is 2.73. The van der Waals surface area contributed by atoms with Crippen LogP contribution in [-0.4, -0.2) is 45.6 Å². The molecular formula is C24H42O5Si. The third kappa shape index (κ3) is 8.14. The number of aldehydes is 1. The SMILES string of the molecule is COc1ccc(CO[C@H](CCCO[Si](C)(C)C(C)(C)C)[C@H](C)[C@@H](O)[C@@H](C)C=O)cc1. The fourth-order valence-electron chi connectivity index (χ4n) is 3.03. The summed E-state index contributed by atoms with van der Waals surface area (Å²) in [7, 11) is -0.135. The van der Waals surface area contributed by atoms with Crippen molar-refractivity contribution in [3.05, 3.63) is 29.8 Å². The predicted molar refractivity (Wildman–Crippen MR) is 124 cm³/mol. The average Bonchev–Trinajstić information content (AvgIpc) is 2.71. The number of rotatable bonds is 13. The zero-order chi connectivity index (χ0) is 22.9. The number of benzene rings is 1. The number of ether oxygens (including phenoxy) is 2. The molecule has 0 aromatic heterocycles. The van der Waals surface area contributed by atoms with Gasteiger partial charge in [0.1, 0.15) is 12.0 Å². The minimum atomic E-state index is -1.78. The number of methoxy groups -OCH3 is 1. The molecule has 0 unspecified atom stereocenters. The van der Waals surface area contributed by atoms with Crippen molar-refractivity contribution in [1.29, 1.82) is 0 Å². The van der Waals surface area contributed by atoms with Crippen LogP contribution in [0.3, 0.4) is 0 Å². The van der Waals surface area contributed by atoms with Crippen molar-refractivity contribution >= 4 is 14.6 Å². The van der Waals surface area contributed by atoms with E-state index in [1.165, 1.54) is 0 Å². The van der Waals surface area contributed by atoms with Gasteiger partial charge in [-0.15, -0.1) is 0 Å². The molecule has 0 aliphatic heterocycles. The molecule has 6 heteroatoms. The molecule has 0 saturated heterocycles. The summed E-state index contributed by atoms with van der Waals surface area (Å²) in [5, 5.41) is 10.7. The highest BCUT2D eigenvalue weighted by Gasteiger charge is 2.37. The van der Waals surface area contributed by atoms with Crippen LogP contribution < -0.4 is 4.74 Å². The number of hydrogen-bond acceptors (Lipinski definition) is 5. The lowest BCUT2D eigenvalue weighted by Crippen LogP contribution is -2.41. The van der Waals surface area contributed by atoms with Crippen LogP contribution in [0, 0.1) is 11.8 Å². The lowest BCUT2D eigenvalue weighted by atomic mass is 9.88. The van der Waals surface area contributed by atoms with E-state index in [4.69, 9.17) is 13.9 Å². The van der Waals surface area contributed by atoms with E-state index in [1.54, 1.807) is 14.0 Å². The van der Waals surface area contributed by atoms with Crippen molar-refractivity contribution in [2.75, 3.05) is 13.7 Å². The molecule has 1 aromatic rings. The zero-order valence-corrected chi connectivity index (χ0v) is 21.1. The minimum Gasteiger partial charge on any atom is -0.497 e. The molecule has 0 aliphatic rings. The third-order valence-electron chi connectivity index (χ3n) is 6.40. The van der Waals surface area contributed by atoms with Crippen LogP contribution in [0.5, 0.6) is 5.75 Å². The molecule has 0 aliphatic carbocycles. The average molecular weight is 439 g/mol. The van der Waals surface area contributed by atoms with Gasteiger partial charge in [0.05, 0.1) is 25.9 Å². The van der Waals surface area contributed by atoms with Gasteiger partial charge in [0.15, 0.2) is 8.32 Å². The summed E-state index contributed by atoms with van der Waals surface area (Å²) in [6.45, 7) is 16.0. The summed E-state index contributed by atoms with van der Waals surface area (Å²) in [5.41, 5.74) is 1.04. The lowest BCUT2D eigenvalue weighted by Gasteiger charge is -2.36. The summed E-state index contributed by atoms with van der Waals surface area (Å²) < 4.78 is 17.7. The normalized spacial score (nSPS) is 16.6. The zero-order valence-electron chi connectivity index (χ0n) is 20.1. The fourth-order valence-corrected chi connectivity index (χ4v) is 4.12. The highest BCUT2D eigenvalue weighted by Crippen LogP contribution is 2.36. The first-order valence-electron chi connectivity index (χ1n) is 10.9. The number of carbonyl (C=O) groups excluding carboxylic acids is 1. The second-order valence-corrected chi connectivity index (χ2v) is 14.6. The van der Waals surface area contributed by atoms with E-state index >= 15 is 0 Å². The van der Waals surface area contributed by atoms with Crippen molar-refractivity contribution < 1.29 is 23.8 Å². The van der Waals surface area contributed by atoms with Gasteiger partial charge >= 0.3 is 0 Å². The Morgan fingerprint density at radius 1 is 1.13 bits per heavy atom. The monoisotopic (exact) mass is 438 g/mol. The van der Waals surface area contributed by atoms with Gasteiger partial charge in [-0.05, 0) is 48.7 Å². The van der Waals surface area contributed by atoms with Crippen molar-refractivity contribution in [2.24, 2.45) is 11.8 Å². The van der Waals surface area contributed by atoms with E-state index in [9.17, 15) is 9.90 Å². The van der Waals surface area contributed by atoms with Crippen LogP contribution in [-0.2, 0) is 20.6 Å². The molecule has 0 spiro atoms. The molecule has 172 valence electrons. The summed E-state index contributed by atoms with van der Waals surface area (Å²) in [6.07, 6.45) is 1.54. The number of aliphatic hydroxyl groups excluding tert-OH is 1. The second kappa shape index (κ2) is 12.0.